The highest BCUT2D eigenvalue weighted by atomic mass is 16.4. The van der Waals surface area contributed by atoms with E-state index >= 15 is 0 Å². The summed E-state index contributed by atoms with van der Waals surface area (Å²) in [6.07, 6.45) is 0.273. The van der Waals surface area contributed by atoms with E-state index < -0.39 is 12.0 Å². The number of phenolic OH excluding ortho intramolecular Hbond substituents is 1. The fourth-order valence-corrected chi connectivity index (χ4v) is 2.18. The van der Waals surface area contributed by atoms with E-state index in [1.54, 1.807) is 12.1 Å². The van der Waals surface area contributed by atoms with E-state index in [0.717, 1.165) is 11.3 Å². The van der Waals surface area contributed by atoms with E-state index in [0.29, 0.717) is 0 Å². The Hall–Kier alpha value is -3.05. The number of rotatable bonds is 3. The van der Waals surface area contributed by atoms with Crippen LogP contribution >= 0.6 is 0 Å². The summed E-state index contributed by atoms with van der Waals surface area (Å²) in [7, 11) is 0. The maximum Gasteiger partial charge on any atom is 0.320 e. The Bertz CT molecular complexity index is 816. The maximum atomic E-state index is 10.4. The van der Waals surface area contributed by atoms with Gasteiger partial charge >= 0.3 is 5.97 Å². The number of fused-ring (bicyclic) bond motifs is 1. The van der Waals surface area contributed by atoms with E-state index in [9.17, 15) is 4.79 Å². The molecule has 0 bridgehead atoms. The number of benzene rings is 3. The van der Waals surface area contributed by atoms with Crippen molar-refractivity contribution in [2.45, 2.75) is 12.5 Å². The van der Waals surface area contributed by atoms with Crippen LogP contribution < -0.4 is 11.5 Å². The molecule has 5 heteroatoms. The van der Waals surface area contributed by atoms with Crippen molar-refractivity contribution < 1.29 is 15.0 Å². The van der Waals surface area contributed by atoms with E-state index in [1.165, 1.54) is 22.9 Å². The zero-order chi connectivity index (χ0) is 17.5. The summed E-state index contributed by atoms with van der Waals surface area (Å²) in [5.74, 6) is -0.860. The van der Waals surface area contributed by atoms with Gasteiger partial charge < -0.3 is 21.7 Å². The largest absolute Gasteiger partial charge is 0.508 e. The number of hydrogen-bond acceptors (Lipinski definition) is 4. The molecular formula is C19H20N2O3. The van der Waals surface area contributed by atoms with Gasteiger partial charge in [-0.15, -0.1) is 0 Å². The van der Waals surface area contributed by atoms with E-state index in [2.05, 4.69) is 12.1 Å². The molecule has 0 saturated carbocycles. The van der Waals surface area contributed by atoms with Crippen molar-refractivity contribution in [1.82, 2.24) is 0 Å². The van der Waals surface area contributed by atoms with Crippen LogP contribution in [0.2, 0.25) is 0 Å². The van der Waals surface area contributed by atoms with Gasteiger partial charge in [0.2, 0.25) is 0 Å². The Morgan fingerprint density at radius 1 is 0.958 bits per heavy atom. The third kappa shape index (κ3) is 5.00. The lowest BCUT2D eigenvalue weighted by molar-refractivity contribution is -0.138. The minimum absolute atomic E-state index is 0.160. The van der Waals surface area contributed by atoms with Gasteiger partial charge in [0.25, 0.3) is 0 Å². The van der Waals surface area contributed by atoms with Crippen LogP contribution in [-0.4, -0.2) is 22.2 Å². The molecule has 0 saturated heterocycles. The Kier molecular flexibility index (Phi) is 5.76. The zero-order valence-corrected chi connectivity index (χ0v) is 13.1. The summed E-state index contributed by atoms with van der Waals surface area (Å²) in [5.41, 5.74) is 12.6. The van der Waals surface area contributed by atoms with Crippen molar-refractivity contribution in [3.8, 4) is 5.75 Å². The first-order valence-corrected chi connectivity index (χ1v) is 7.46. The van der Waals surface area contributed by atoms with Crippen molar-refractivity contribution in [1.29, 1.82) is 0 Å². The molecule has 0 aliphatic rings. The number of carboxylic acids is 1. The number of carboxylic acid groups (broad SMARTS) is 1. The first kappa shape index (κ1) is 17.3. The molecule has 124 valence electrons. The molecule has 0 amide bonds. The smallest absolute Gasteiger partial charge is 0.320 e. The van der Waals surface area contributed by atoms with Gasteiger partial charge in [-0.3, -0.25) is 4.79 Å². The predicted octanol–water partition coefficient (Wildman–Crippen LogP) is 2.77. The molecule has 1 unspecified atom stereocenters. The molecule has 6 N–H and O–H groups in total. The maximum absolute atomic E-state index is 10.4. The SMILES string of the molecule is NC(Cc1ccc(O)cc1)C(=O)O.Nc1ccc2ccccc2c1. The normalized spacial score (nSPS) is 11.4. The van der Waals surface area contributed by atoms with Gasteiger partial charge in [0.1, 0.15) is 11.8 Å². The van der Waals surface area contributed by atoms with E-state index in [1.807, 2.05) is 30.3 Å². The zero-order valence-electron chi connectivity index (χ0n) is 13.1. The summed E-state index contributed by atoms with van der Waals surface area (Å²) in [6.45, 7) is 0. The lowest BCUT2D eigenvalue weighted by Gasteiger charge is -2.05. The highest BCUT2D eigenvalue weighted by Crippen LogP contribution is 2.16. The first-order chi connectivity index (χ1) is 11.5. The third-order valence-electron chi connectivity index (χ3n) is 3.48. The molecule has 3 aromatic rings. The van der Waals surface area contributed by atoms with E-state index in [-0.39, 0.29) is 12.2 Å². The predicted molar refractivity (Wildman–Crippen MR) is 95.8 cm³/mol. The summed E-state index contributed by atoms with van der Waals surface area (Å²) in [6, 6.07) is 19.5. The highest BCUT2D eigenvalue weighted by molar-refractivity contribution is 5.85. The van der Waals surface area contributed by atoms with Crippen LogP contribution in [0, 0.1) is 0 Å². The summed E-state index contributed by atoms with van der Waals surface area (Å²) >= 11 is 0. The van der Waals surface area contributed by atoms with Gasteiger partial charge in [0.05, 0.1) is 0 Å². The molecule has 0 aromatic heterocycles. The summed E-state index contributed by atoms with van der Waals surface area (Å²) in [5, 5.41) is 19.9. The van der Waals surface area contributed by atoms with Crippen LogP contribution in [0.4, 0.5) is 5.69 Å². The number of carbonyl (C=O) groups is 1. The molecule has 0 aliphatic heterocycles. The first-order valence-electron chi connectivity index (χ1n) is 7.46. The summed E-state index contributed by atoms with van der Waals surface area (Å²) < 4.78 is 0. The molecule has 3 rings (SSSR count). The quantitative estimate of drug-likeness (QED) is 0.554. The number of nitrogen functional groups attached to an aromatic ring is 1. The number of phenols is 1. The number of nitrogens with two attached hydrogens (primary N) is 2. The fourth-order valence-electron chi connectivity index (χ4n) is 2.18. The number of aromatic hydroxyl groups is 1. The molecule has 5 nitrogen and oxygen atoms in total. The van der Waals surface area contributed by atoms with Crippen molar-refractivity contribution in [2.75, 3.05) is 5.73 Å². The minimum Gasteiger partial charge on any atom is -0.508 e. The van der Waals surface area contributed by atoms with E-state index in [4.69, 9.17) is 21.7 Å². The Morgan fingerprint density at radius 2 is 1.58 bits per heavy atom. The second-order valence-electron chi connectivity index (χ2n) is 5.42. The second-order valence-corrected chi connectivity index (χ2v) is 5.42. The Balaban J connectivity index is 0.000000175. The van der Waals surface area contributed by atoms with Crippen LogP contribution in [0.1, 0.15) is 5.56 Å². The summed E-state index contributed by atoms with van der Waals surface area (Å²) in [4.78, 5) is 10.4. The second kappa shape index (κ2) is 7.99. The van der Waals surface area contributed by atoms with Gasteiger partial charge in [-0.25, -0.2) is 0 Å². The number of hydrogen-bond donors (Lipinski definition) is 4. The van der Waals surface area contributed by atoms with Crippen LogP contribution in [0.15, 0.2) is 66.7 Å². The molecular weight excluding hydrogens is 304 g/mol. The minimum atomic E-state index is -1.02. The molecule has 24 heavy (non-hydrogen) atoms. The molecule has 0 heterocycles. The standard InChI is InChI=1S/C10H9N.C9H11NO3/c11-10-6-5-8-3-1-2-4-9(8)7-10;10-8(9(12)13)5-6-1-3-7(11)4-2-6/h1-7H,11H2;1-4,8,11H,5,10H2,(H,12,13). The Morgan fingerprint density at radius 3 is 2.21 bits per heavy atom. The molecule has 0 spiro atoms. The molecule has 3 aromatic carbocycles. The van der Waals surface area contributed by atoms with Gasteiger partial charge in [-0.1, -0.05) is 42.5 Å². The molecule has 0 aliphatic carbocycles. The highest BCUT2D eigenvalue weighted by Gasteiger charge is 2.11. The average molecular weight is 324 g/mol. The monoisotopic (exact) mass is 324 g/mol. The van der Waals surface area contributed by atoms with Crippen molar-refractivity contribution in [3.05, 3.63) is 72.3 Å². The van der Waals surface area contributed by atoms with Crippen LogP contribution in [0.25, 0.3) is 10.8 Å². The van der Waals surface area contributed by atoms with Gasteiger partial charge in [0, 0.05) is 5.69 Å². The van der Waals surface area contributed by atoms with Crippen molar-refractivity contribution in [2.24, 2.45) is 5.73 Å². The van der Waals surface area contributed by atoms with Gasteiger partial charge in [0.15, 0.2) is 0 Å². The average Bonchev–Trinajstić information content (AvgIpc) is 2.57. The number of aliphatic carboxylic acids is 1. The molecule has 0 fully saturated rings. The topological polar surface area (TPSA) is 110 Å². The number of anilines is 1. The van der Waals surface area contributed by atoms with Crippen molar-refractivity contribution >= 4 is 22.4 Å². The molecule has 0 radical (unpaired) electrons. The Labute approximate surface area is 140 Å². The fraction of sp³-hybridized carbons (Fsp3) is 0.105. The van der Waals surface area contributed by atoms with Crippen LogP contribution in [0.5, 0.6) is 5.75 Å². The lowest BCUT2D eigenvalue weighted by Crippen LogP contribution is -2.32. The molecule has 1 atom stereocenters. The van der Waals surface area contributed by atoms with Gasteiger partial charge in [-0.2, -0.15) is 0 Å². The third-order valence-corrected chi connectivity index (χ3v) is 3.48. The van der Waals surface area contributed by atoms with Crippen LogP contribution in [0.3, 0.4) is 0 Å². The van der Waals surface area contributed by atoms with Crippen LogP contribution in [-0.2, 0) is 11.2 Å². The van der Waals surface area contributed by atoms with Crippen molar-refractivity contribution in [3.63, 3.8) is 0 Å². The van der Waals surface area contributed by atoms with Gasteiger partial charge in [-0.05, 0) is 47.0 Å². The lowest BCUT2D eigenvalue weighted by atomic mass is 10.1.